The highest BCUT2D eigenvalue weighted by Crippen LogP contribution is 2.38. The molecule has 5 fully saturated rings. The number of carbonyl (C=O) groups excluding carboxylic acids is 2. The smallest absolute Gasteiger partial charge is 0.242 e. The number of nitrogens with zero attached hydrogens (tertiary/aromatic N) is 1. The number of amides is 2. The predicted molar refractivity (Wildman–Crippen MR) is 152 cm³/mol. The van der Waals surface area contributed by atoms with Crippen molar-refractivity contribution in [2.45, 2.75) is 77.6 Å². The van der Waals surface area contributed by atoms with Gasteiger partial charge in [-0.25, -0.2) is 0 Å². The fourth-order valence-corrected chi connectivity index (χ4v) is 9.24. The van der Waals surface area contributed by atoms with Gasteiger partial charge in [0.1, 0.15) is 11.5 Å². The first-order chi connectivity index (χ1) is 18.3. The maximum Gasteiger partial charge on any atom is 0.242 e. The van der Waals surface area contributed by atoms with Crippen molar-refractivity contribution in [2.75, 3.05) is 46.9 Å². The van der Waals surface area contributed by atoms with Gasteiger partial charge in [-0.1, -0.05) is 15.9 Å². The Balaban J connectivity index is 1.16. The van der Waals surface area contributed by atoms with Crippen LogP contribution in [0.1, 0.15) is 26.2 Å². The lowest BCUT2D eigenvalue weighted by atomic mass is 9.70. The zero-order valence-corrected chi connectivity index (χ0v) is 25.5. The number of methoxy groups -OCH3 is 2. The number of hydrogen-bond donors (Lipinski definition) is 5. The molecule has 0 bridgehead atoms. The highest BCUT2D eigenvalue weighted by molar-refractivity contribution is 9.09. The third-order valence-corrected chi connectivity index (χ3v) is 11.4. The molecule has 38 heavy (non-hydrogen) atoms. The van der Waals surface area contributed by atoms with Gasteiger partial charge in [0, 0.05) is 69.1 Å². The number of halogens is 2. The van der Waals surface area contributed by atoms with Gasteiger partial charge in [-0.05, 0) is 38.0 Å². The summed E-state index contributed by atoms with van der Waals surface area (Å²) < 4.78 is 11.4. The summed E-state index contributed by atoms with van der Waals surface area (Å²) in [6.07, 6.45) is 2.44. The molecule has 5 heterocycles. The maximum atomic E-state index is 13.6. The van der Waals surface area contributed by atoms with Crippen LogP contribution in [0.15, 0.2) is 0 Å². The van der Waals surface area contributed by atoms with E-state index in [1.807, 2.05) is 4.90 Å². The van der Waals surface area contributed by atoms with Gasteiger partial charge in [-0.15, -0.1) is 23.4 Å². The molecule has 5 aliphatic heterocycles. The summed E-state index contributed by atoms with van der Waals surface area (Å²) >= 11 is 11.8. The van der Waals surface area contributed by atoms with E-state index < -0.39 is 0 Å². The molecule has 0 spiro atoms. The molecule has 0 aliphatic carbocycles. The normalized spacial score (nSPS) is 45.6. The molecule has 0 radical (unpaired) electrons. The minimum atomic E-state index is -0.315. The van der Waals surface area contributed by atoms with Gasteiger partial charge in [0.25, 0.3) is 0 Å². The number of ether oxygens (including phenoxy) is 2. The van der Waals surface area contributed by atoms with Crippen LogP contribution in [-0.2, 0) is 19.1 Å². The van der Waals surface area contributed by atoms with Gasteiger partial charge in [0.05, 0.1) is 23.6 Å². The maximum absolute atomic E-state index is 13.6. The lowest BCUT2D eigenvalue weighted by Gasteiger charge is -2.45. The Kier molecular flexibility index (Phi) is 9.85. The summed E-state index contributed by atoms with van der Waals surface area (Å²) in [4.78, 5) is 29.1. The monoisotopic (exact) mass is 636 g/mol. The van der Waals surface area contributed by atoms with Crippen molar-refractivity contribution < 1.29 is 19.1 Å². The number of likely N-dealkylation sites (tertiary alicyclic amines) is 1. The highest BCUT2D eigenvalue weighted by atomic mass is 79.9. The van der Waals surface area contributed by atoms with E-state index in [9.17, 15) is 9.59 Å². The standard InChI is InChI=1S/C25H42BrClN6O4S/c1-12-4-14(15-6-21(27)29-9-19(15)37-3)16(8-28-12)23(34)32-25-31-17-10-33(11-20(17)38-25)24(35)22-18(36-2)5-13(26)7-30-22/h12-22,25,28-31H,4-11H2,1-3H3,(H,32,34). The first kappa shape index (κ1) is 29.3. The van der Waals surface area contributed by atoms with Gasteiger partial charge in [-0.2, -0.15) is 0 Å². The number of carbonyl (C=O) groups is 2. The van der Waals surface area contributed by atoms with Crippen LogP contribution in [0.5, 0.6) is 0 Å². The van der Waals surface area contributed by atoms with Crippen LogP contribution in [0, 0.1) is 17.8 Å². The number of piperidine rings is 3. The van der Waals surface area contributed by atoms with Crippen LogP contribution >= 0.6 is 39.3 Å². The van der Waals surface area contributed by atoms with E-state index in [4.69, 9.17) is 21.1 Å². The second-order valence-electron chi connectivity index (χ2n) is 11.4. The third-order valence-electron chi connectivity index (χ3n) is 9.03. The molecular formula is C25H42BrClN6O4S. The summed E-state index contributed by atoms with van der Waals surface area (Å²) in [5.74, 6) is 0.473. The zero-order valence-electron chi connectivity index (χ0n) is 22.3. The van der Waals surface area contributed by atoms with Crippen molar-refractivity contribution in [2.24, 2.45) is 17.8 Å². The van der Waals surface area contributed by atoms with Crippen molar-refractivity contribution >= 4 is 51.1 Å². The Hall–Kier alpha value is -0.180. The molecule has 5 saturated heterocycles. The van der Waals surface area contributed by atoms with Crippen LogP contribution in [0.2, 0.25) is 0 Å². The highest BCUT2D eigenvalue weighted by Gasteiger charge is 2.48. The molecule has 10 nitrogen and oxygen atoms in total. The summed E-state index contributed by atoms with van der Waals surface area (Å²) in [6, 6.07) is 0.191. The molecule has 5 aliphatic rings. The first-order valence-electron chi connectivity index (χ1n) is 13.8. The largest absolute Gasteiger partial charge is 0.380 e. The Morgan fingerprint density at radius 3 is 2.53 bits per heavy atom. The van der Waals surface area contributed by atoms with Crippen molar-refractivity contribution in [1.82, 2.24) is 31.5 Å². The minimum Gasteiger partial charge on any atom is -0.380 e. The van der Waals surface area contributed by atoms with E-state index in [-0.39, 0.29) is 70.1 Å². The van der Waals surface area contributed by atoms with E-state index in [1.54, 1.807) is 26.0 Å². The molecule has 0 saturated carbocycles. The molecule has 5 rings (SSSR count). The summed E-state index contributed by atoms with van der Waals surface area (Å²) in [5, 5.41) is 17.3. The lowest BCUT2D eigenvalue weighted by molar-refractivity contribution is -0.137. The van der Waals surface area contributed by atoms with Gasteiger partial charge < -0.3 is 30.3 Å². The number of thioether (sulfide) groups is 1. The van der Waals surface area contributed by atoms with E-state index >= 15 is 0 Å². The second kappa shape index (κ2) is 12.8. The second-order valence-corrected chi connectivity index (χ2v) is 14.6. The van der Waals surface area contributed by atoms with Gasteiger partial charge >= 0.3 is 0 Å². The summed E-state index contributed by atoms with van der Waals surface area (Å²) in [5.41, 5.74) is -0.253. The van der Waals surface area contributed by atoms with Gasteiger partial charge in [0.15, 0.2) is 0 Å². The van der Waals surface area contributed by atoms with Gasteiger partial charge in [0.2, 0.25) is 11.8 Å². The fraction of sp³-hybridized carbons (Fsp3) is 0.920. The van der Waals surface area contributed by atoms with Crippen LogP contribution in [0.3, 0.4) is 0 Å². The van der Waals surface area contributed by atoms with Crippen molar-refractivity contribution in [1.29, 1.82) is 0 Å². The fourth-order valence-electron chi connectivity index (χ4n) is 6.98. The lowest BCUT2D eigenvalue weighted by Crippen LogP contribution is -2.58. The third kappa shape index (κ3) is 6.33. The summed E-state index contributed by atoms with van der Waals surface area (Å²) in [7, 11) is 3.42. The van der Waals surface area contributed by atoms with Crippen molar-refractivity contribution in [3.8, 4) is 0 Å². The summed E-state index contributed by atoms with van der Waals surface area (Å²) in [6.45, 7) is 5.61. The first-order valence-corrected chi connectivity index (χ1v) is 16.1. The Morgan fingerprint density at radius 1 is 1.00 bits per heavy atom. The number of fused-ring (bicyclic) bond motifs is 1. The van der Waals surface area contributed by atoms with Crippen LogP contribution in [-0.4, -0.2) is 115 Å². The predicted octanol–water partition coefficient (Wildman–Crippen LogP) is 0.246. The number of nitrogens with one attached hydrogen (secondary N) is 5. The number of alkyl halides is 2. The minimum absolute atomic E-state index is 0.0502. The van der Waals surface area contributed by atoms with Crippen molar-refractivity contribution in [3.63, 3.8) is 0 Å². The molecule has 0 aromatic carbocycles. The van der Waals surface area contributed by atoms with Crippen molar-refractivity contribution in [3.05, 3.63) is 0 Å². The van der Waals surface area contributed by atoms with E-state index in [1.165, 1.54) is 0 Å². The number of hydrogen-bond acceptors (Lipinski definition) is 9. The van der Waals surface area contributed by atoms with Crippen LogP contribution in [0.25, 0.3) is 0 Å². The zero-order chi connectivity index (χ0) is 27.0. The van der Waals surface area contributed by atoms with E-state index in [2.05, 4.69) is 49.4 Å². The quantitative estimate of drug-likeness (QED) is 0.207. The topological polar surface area (TPSA) is 116 Å². The Bertz CT molecular complexity index is 851. The molecule has 2 amide bonds. The van der Waals surface area contributed by atoms with Crippen LogP contribution in [0.4, 0.5) is 0 Å². The van der Waals surface area contributed by atoms with Gasteiger partial charge in [-0.3, -0.25) is 20.2 Å². The molecule has 0 aromatic rings. The molecule has 216 valence electrons. The SMILES string of the molecule is COC1CC(Br)CNC1C(=O)N1CC2NC(NC(=O)C3CNC(C)CC3C3CC(Cl)NCC3OC)SC2C1. The van der Waals surface area contributed by atoms with E-state index in [0.29, 0.717) is 37.0 Å². The molecule has 5 N–H and O–H groups in total. The molecule has 0 aromatic heterocycles. The molecule has 12 atom stereocenters. The van der Waals surface area contributed by atoms with Crippen LogP contribution < -0.4 is 26.6 Å². The van der Waals surface area contributed by atoms with E-state index in [0.717, 1.165) is 25.8 Å². The average Bonchev–Trinajstić information content (AvgIpc) is 3.47. The number of rotatable bonds is 6. The Labute approximate surface area is 243 Å². The average molecular weight is 638 g/mol. The molecule has 13 heteroatoms. The molecule has 12 unspecified atom stereocenters. The Morgan fingerprint density at radius 2 is 1.79 bits per heavy atom. The molecular weight excluding hydrogens is 596 g/mol.